The lowest BCUT2D eigenvalue weighted by Gasteiger charge is -2.26. The molecule has 0 aliphatic carbocycles. The van der Waals surface area contributed by atoms with E-state index in [1.807, 2.05) is 38.1 Å². The second kappa shape index (κ2) is 6.60. The highest BCUT2D eigenvalue weighted by atomic mass is 32.1. The van der Waals surface area contributed by atoms with Crippen molar-refractivity contribution in [1.29, 1.82) is 0 Å². The van der Waals surface area contributed by atoms with Gasteiger partial charge in [-0.25, -0.2) is 9.78 Å². The van der Waals surface area contributed by atoms with Crippen LogP contribution in [0.15, 0.2) is 29.8 Å². The number of carbonyl (C=O) groups excluding carboxylic acids is 2. The molecule has 0 radical (unpaired) electrons. The lowest BCUT2D eigenvalue weighted by molar-refractivity contribution is -0.119. The monoisotopic (exact) mass is 344 g/mol. The maximum atomic E-state index is 12.8. The van der Waals surface area contributed by atoms with E-state index in [1.165, 1.54) is 11.3 Å². The van der Waals surface area contributed by atoms with Gasteiger partial charge in [0.05, 0.1) is 17.7 Å². The Labute approximate surface area is 144 Å². The zero-order valence-corrected chi connectivity index (χ0v) is 14.7. The standard InChI is InChI=1S/C17H20N4O2S/c1-10(2)14-16(24-9-18-14)20-17(23)21-8-12-6-4-5-7-13(12)19-15(22)11(21)3/h4-7,9-11H,8H2,1-3H3,(H,19,22)(H,20,23). The summed E-state index contributed by atoms with van der Waals surface area (Å²) < 4.78 is 0. The van der Waals surface area contributed by atoms with Gasteiger partial charge in [0.2, 0.25) is 5.91 Å². The molecule has 7 heteroatoms. The summed E-state index contributed by atoms with van der Waals surface area (Å²) in [5.41, 5.74) is 4.25. The quantitative estimate of drug-likeness (QED) is 0.873. The average Bonchev–Trinajstić information content (AvgIpc) is 2.96. The molecule has 1 unspecified atom stereocenters. The van der Waals surface area contributed by atoms with E-state index in [-0.39, 0.29) is 17.9 Å². The van der Waals surface area contributed by atoms with E-state index >= 15 is 0 Å². The largest absolute Gasteiger partial charge is 0.324 e. The third kappa shape index (κ3) is 3.12. The molecule has 0 saturated heterocycles. The van der Waals surface area contributed by atoms with Gasteiger partial charge in [0.1, 0.15) is 11.0 Å². The Kier molecular flexibility index (Phi) is 4.53. The number of urea groups is 1. The van der Waals surface area contributed by atoms with Crippen LogP contribution in [0.1, 0.15) is 37.9 Å². The summed E-state index contributed by atoms with van der Waals surface area (Å²) in [5.74, 6) is 0.0284. The highest BCUT2D eigenvalue weighted by Gasteiger charge is 2.30. The number of carbonyl (C=O) groups is 2. The molecule has 3 rings (SSSR count). The van der Waals surface area contributed by atoms with E-state index in [1.54, 1.807) is 17.3 Å². The molecule has 1 aromatic carbocycles. The smallest absolute Gasteiger partial charge is 0.323 e. The fourth-order valence-electron chi connectivity index (χ4n) is 2.66. The van der Waals surface area contributed by atoms with E-state index < -0.39 is 6.04 Å². The minimum absolute atomic E-state index is 0.191. The van der Waals surface area contributed by atoms with Gasteiger partial charge in [-0.2, -0.15) is 0 Å². The first-order valence-corrected chi connectivity index (χ1v) is 8.75. The number of nitrogens with one attached hydrogen (secondary N) is 2. The van der Waals surface area contributed by atoms with Crippen LogP contribution in [-0.4, -0.2) is 27.9 Å². The summed E-state index contributed by atoms with van der Waals surface area (Å²) in [6.07, 6.45) is 0. The Balaban J connectivity index is 1.85. The molecule has 2 N–H and O–H groups in total. The number of para-hydroxylation sites is 1. The first-order valence-electron chi connectivity index (χ1n) is 7.87. The van der Waals surface area contributed by atoms with Gasteiger partial charge in [0.15, 0.2) is 0 Å². The molecular formula is C17H20N4O2S. The van der Waals surface area contributed by atoms with Crippen LogP contribution in [0.3, 0.4) is 0 Å². The number of fused-ring (bicyclic) bond motifs is 1. The fraction of sp³-hybridized carbons (Fsp3) is 0.353. The molecular weight excluding hydrogens is 324 g/mol. The molecule has 0 spiro atoms. The number of aromatic nitrogens is 1. The topological polar surface area (TPSA) is 74.3 Å². The summed E-state index contributed by atoms with van der Waals surface area (Å²) in [4.78, 5) is 31.0. The second-order valence-electron chi connectivity index (χ2n) is 6.10. The van der Waals surface area contributed by atoms with Crippen molar-refractivity contribution in [3.8, 4) is 0 Å². The van der Waals surface area contributed by atoms with Gasteiger partial charge in [-0.1, -0.05) is 32.0 Å². The molecule has 0 saturated carbocycles. The summed E-state index contributed by atoms with van der Waals surface area (Å²) in [6.45, 7) is 6.17. The van der Waals surface area contributed by atoms with Crippen LogP contribution in [0.5, 0.6) is 0 Å². The molecule has 1 atom stereocenters. The van der Waals surface area contributed by atoms with Gasteiger partial charge >= 0.3 is 6.03 Å². The Bertz CT molecular complexity index is 771. The zero-order valence-electron chi connectivity index (χ0n) is 13.9. The Morgan fingerprint density at radius 1 is 1.42 bits per heavy atom. The molecule has 3 amide bonds. The normalized spacial score (nSPS) is 17.2. The predicted octanol–water partition coefficient (Wildman–Crippen LogP) is 3.64. The van der Waals surface area contributed by atoms with Crippen LogP contribution in [0.25, 0.3) is 0 Å². The number of nitrogens with zero attached hydrogens (tertiary/aromatic N) is 2. The first-order chi connectivity index (χ1) is 11.5. The Morgan fingerprint density at radius 3 is 2.92 bits per heavy atom. The number of benzene rings is 1. The van der Waals surface area contributed by atoms with Gasteiger partial charge in [0, 0.05) is 5.69 Å². The van der Waals surface area contributed by atoms with E-state index in [2.05, 4.69) is 15.6 Å². The van der Waals surface area contributed by atoms with Gasteiger partial charge in [-0.15, -0.1) is 11.3 Å². The third-order valence-electron chi connectivity index (χ3n) is 4.09. The Hall–Kier alpha value is -2.41. The van der Waals surface area contributed by atoms with Crippen LogP contribution < -0.4 is 10.6 Å². The average molecular weight is 344 g/mol. The van der Waals surface area contributed by atoms with Crippen LogP contribution in [0, 0.1) is 0 Å². The van der Waals surface area contributed by atoms with Crippen LogP contribution in [0.4, 0.5) is 15.5 Å². The van der Waals surface area contributed by atoms with E-state index in [4.69, 9.17) is 0 Å². The van der Waals surface area contributed by atoms with Gasteiger partial charge in [-0.05, 0) is 24.5 Å². The van der Waals surface area contributed by atoms with Crippen molar-refractivity contribution >= 4 is 34.0 Å². The summed E-state index contributed by atoms with van der Waals surface area (Å²) in [6, 6.07) is 6.68. The van der Waals surface area contributed by atoms with E-state index in [9.17, 15) is 9.59 Å². The number of thiazole rings is 1. The van der Waals surface area contributed by atoms with Crippen molar-refractivity contribution in [1.82, 2.24) is 9.88 Å². The Morgan fingerprint density at radius 2 is 2.17 bits per heavy atom. The molecule has 2 aromatic rings. The maximum Gasteiger partial charge on any atom is 0.323 e. The van der Waals surface area contributed by atoms with Crippen molar-refractivity contribution < 1.29 is 9.59 Å². The molecule has 1 aliphatic heterocycles. The third-order valence-corrected chi connectivity index (χ3v) is 4.84. The minimum atomic E-state index is -0.562. The highest BCUT2D eigenvalue weighted by Crippen LogP contribution is 2.28. The molecule has 0 bridgehead atoms. The van der Waals surface area contributed by atoms with Gasteiger partial charge in [-0.3, -0.25) is 10.1 Å². The molecule has 1 aromatic heterocycles. The predicted molar refractivity (Wildman–Crippen MR) is 95.3 cm³/mol. The number of amides is 3. The number of rotatable bonds is 2. The number of anilines is 2. The molecule has 2 heterocycles. The SMILES string of the molecule is CC(C)c1ncsc1NC(=O)N1Cc2ccccc2NC(=O)C1C. The van der Waals surface area contributed by atoms with Crippen molar-refractivity contribution in [2.75, 3.05) is 10.6 Å². The number of hydrogen-bond donors (Lipinski definition) is 2. The van der Waals surface area contributed by atoms with Crippen molar-refractivity contribution in [3.05, 3.63) is 41.0 Å². The number of hydrogen-bond acceptors (Lipinski definition) is 4. The van der Waals surface area contributed by atoms with E-state index in [0.29, 0.717) is 6.54 Å². The highest BCUT2D eigenvalue weighted by molar-refractivity contribution is 7.14. The lowest BCUT2D eigenvalue weighted by Crippen LogP contribution is -2.45. The molecule has 24 heavy (non-hydrogen) atoms. The fourth-order valence-corrected chi connectivity index (χ4v) is 3.48. The molecule has 1 aliphatic rings. The zero-order chi connectivity index (χ0) is 17.3. The maximum absolute atomic E-state index is 12.8. The van der Waals surface area contributed by atoms with E-state index in [0.717, 1.165) is 21.9 Å². The van der Waals surface area contributed by atoms with Crippen molar-refractivity contribution in [2.45, 2.75) is 39.3 Å². The van der Waals surface area contributed by atoms with Gasteiger partial charge < -0.3 is 10.2 Å². The first kappa shape index (κ1) is 16.4. The molecule has 126 valence electrons. The van der Waals surface area contributed by atoms with Crippen LogP contribution >= 0.6 is 11.3 Å². The molecule has 0 fully saturated rings. The van der Waals surface area contributed by atoms with Gasteiger partial charge in [0.25, 0.3) is 0 Å². The van der Waals surface area contributed by atoms with Crippen molar-refractivity contribution in [3.63, 3.8) is 0 Å². The minimum Gasteiger partial charge on any atom is -0.324 e. The molecule has 6 nitrogen and oxygen atoms in total. The summed E-state index contributed by atoms with van der Waals surface area (Å²) in [5, 5.41) is 6.53. The summed E-state index contributed by atoms with van der Waals surface area (Å²) >= 11 is 1.39. The lowest BCUT2D eigenvalue weighted by atomic mass is 10.1. The van der Waals surface area contributed by atoms with Crippen LogP contribution in [-0.2, 0) is 11.3 Å². The summed E-state index contributed by atoms with van der Waals surface area (Å²) in [7, 11) is 0. The van der Waals surface area contributed by atoms with Crippen LogP contribution in [0.2, 0.25) is 0 Å². The second-order valence-corrected chi connectivity index (χ2v) is 6.96. The van der Waals surface area contributed by atoms with Crippen molar-refractivity contribution in [2.24, 2.45) is 0 Å².